The number of benzene rings is 3. The molecule has 0 heterocycles. The van der Waals surface area contributed by atoms with E-state index < -0.39 is 14.9 Å². The van der Waals surface area contributed by atoms with E-state index in [1.807, 2.05) is 6.92 Å². The molecule has 0 unspecified atom stereocenters. The first kappa shape index (κ1) is 19.1. The Labute approximate surface area is 163 Å². The van der Waals surface area contributed by atoms with Crippen molar-refractivity contribution in [2.45, 2.75) is 11.8 Å². The molecular formula is C21H16N2O4S. The summed E-state index contributed by atoms with van der Waals surface area (Å²) in [5.41, 5.74) is 2.39. The molecule has 0 bridgehead atoms. The van der Waals surface area contributed by atoms with E-state index in [1.54, 1.807) is 60.7 Å². The van der Waals surface area contributed by atoms with Crippen LogP contribution in [0.1, 0.15) is 16.7 Å². The molecule has 0 radical (unpaired) electrons. The molecule has 0 fully saturated rings. The Morgan fingerprint density at radius 3 is 2.18 bits per heavy atom. The third kappa shape index (κ3) is 4.55. The fraction of sp³-hybridized carbons (Fsp3) is 0.0476. The molecule has 0 saturated carbocycles. The van der Waals surface area contributed by atoms with Crippen LogP contribution in [0.3, 0.4) is 0 Å². The molecule has 0 saturated heterocycles. The Morgan fingerprint density at radius 1 is 0.893 bits per heavy atom. The molecule has 3 rings (SSSR count). The lowest BCUT2D eigenvalue weighted by molar-refractivity contribution is -0.384. The Hall–Kier alpha value is -3.63. The number of anilines is 1. The third-order valence-corrected chi connectivity index (χ3v) is 5.30. The van der Waals surface area contributed by atoms with Gasteiger partial charge in [0.1, 0.15) is 0 Å². The molecule has 6 nitrogen and oxygen atoms in total. The fourth-order valence-electron chi connectivity index (χ4n) is 2.41. The number of nitro groups is 1. The molecule has 3 aromatic rings. The van der Waals surface area contributed by atoms with E-state index in [4.69, 9.17) is 0 Å². The van der Waals surface area contributed by atoms with Gasteiger partial charge < -0.3 is 0 Å². The number of sulfonamides is 1. The van der Waals surface area contributed by atoms with E-state index >= 15 is 0 Å². The first-order valence-electron chi connectivity index (χ1n) is 8.30. The van der Waals surface area contributed by atoms with Crippen molar-refractivity contribution in [3.63, 3.8) is 0 Å². The number of nitrogens with zero attached hydrogens (tertiary/aromatic N) is 1. The minimum Gasteiger partial charge on any atom is -0.278 e. The van der Waals surface area contributed by atoms with Crippen molar-refractivity contribution in [2.24, 2.45) is 0 Å². The lowest BCUT2D eigenvalue weighted by Gasteiger charge is -2.10. The molecular weight excluding hydrogens is 376 g/mol. The van der Waals surface area contributed by atoms with Crippen molar-refractivity contribution < 1.29 is 13.3 Å². The SMILES string of the molecule is Cc1ccc(S(=O)(=O)Nc2ccccc2C#Cc2ccc([N+](=O)[O-])cc2)cc1. The topological polar surface area (TPSA) is 89.3 Å². The molecule has 28 heavy (non-hydrogen) atoms. The van der Waals surface area contributed by atoms with E-state index in [0.29, 0.717) is 16.8 Å². The smallest absolute Gasteiger partial charge is 0.269 e. The van der Waals surface area contributed by atoms with Crippen LogP contribution in [0.2, 0.25) is 0 Å². The second kappa shape index (κ2) is 7.94. The number of rotatable bonds is 4. The number of aryl methyl sites for hydroxylation is 1. The van der Waals surface area contributed by atoms with Crippen molar-refractivity contribution in [3.8, 4) is 11.8 Å². The molecule has 0 aliphatic carbocycles. The first-order chi connectivity index (χ1) is 13.3. The highest BCUT2D eigenvalue weighted by molar-refractivity contribution is 7.92. The van der Waals surface area contributed by atoms with Crippen molar-refractivity contribution in [3.05, 3.63) is 99.6 Å². The molecule has 3 aromatic carbocycles. The van der Waals surface area contributed by atoms with Gasteiger partial charge in [0.2, 0.25) is 0 Å². The average Bonchev–Trinajstić information content (AvgIpc) is 2.68. The highest BCUT2D eigenvalue weighted by Gasteiger charge is 2.15. The molecule has 140 valence electrons. The number of hydrogen-bond acceptors (Lipinski definition) is 4. The second-order valence-corrected chi connectivity index (χ2v) is 7.70. The molecule has 7 heteroatoms. The summed E-state index contributed by atoms with van der Waals surface area (Å²) in [4.78, 5) is 10.4. The number of para-hydroxylation sites is 1. The zero-order chi connectivity index (χ0) is 20.1. The summed E-state index contributed by atoms with van der Waals surface area (Å²) in [6, 6.07) is 19.2. The number of non-ortho nitro benzene ring substituents is 1. The van der Waals surface area contributed by atoms with Gasteiger partial charge in [0.05, 0.1) is 15.5 Å². The Balaban J connectivity index is 1.88. The Morgan fingerprint density at radius 2 is 1.54 bits per heavy atom. The summed E-state index contributed by atoms with van der Waals surface area (Å²) in [7, 11) is -3.74. The van der Waals surface area contributed by atoms with Crippen LogP contribution in [0.5, 0.6) is 0 Å². The van der Waals surface area contributed by atoms with Crippen LogP contribution in [-0.2, 0) is 10.0 Å². The lowest BCUT2D eigenvalue weighted by atomic mass is 10.1. The van der Waals surface area contributed by atoms with Gasteiger partial charge in [-0.25, -0.2) is 8.42 Å². The molecule has 0 amide bonds. The van der Waals surface area contributed by atoms with Gasteiger partial charge in [0, 0.05) is 23.3 Å². The molecule has 0 aliphatic heterocycles. The quantitative estimate of drug-likeness (QED) is 0.411. The fourth-order valence-corrected chi connectivity index (χ4v) is 3.49. The Kier molecular flexibility index (Phi) is 5.43. The van der Waals surface area contributed by atoms with E-state index in [9.17, 15) is 18.5 Å². The van der Waals surface area contributed by atoms with Gasteiger partial charge >= 0.3 is 0 Å². The summed E-state index contributed by atoms with van der Waals surface area (Å²) in [6.07, 6.45) is 0. The zero-order valence-corrected chi connectivity index (χ0v) is 15.7. The predicted molar refractivity (Wildman–Crippen MR) is 108 cm³/mol. The third-order valence-electron chi connectivity index (χ3n) is 3.92. The molecule has 0 spiro atoms. The van der Waals surface area contributed by atoms with Gasteiger partial charge in [-0.2, -0.15) is 0 Å². The van der Waals surface area contributed by atoms with E-state index in [0.717, 1.165) is 5.56 Å². The van der Waals surface area contributed by atoms with Crippen LogP contribution in [0.15, 0.2) is 77.7 Å². The highest BCUT2D eigenvalue weighted by Crippen LogP contribution is 2.20. The van der Waals surface area contributed by atoms with Crippen LogP contribution in [0, 0.1) is 28.9 Å². The van der Waals surface area contributed by atoms with Gasteiger partial charge in [-0.3, -0.25) is 14.8 Å². The zero-order valence-electron chi connectivity index (χ0n) is 14.9. The molecule has 0 aliphatic rings. The van der Waals surface area contributed by atoms with Crippen molar-refractivity contribution in [1.82, 2.24) is 0 Å². The summed E-state index contributed by atoms with van der Waals surface area (Å²) in [6.45, 7) is 1.88. The maximum absolute atomic E-state index is 12.6. The largest absolute Gasteiger partial charge is 0.278 e. The second-order valence-electron chi connectivity index (χ2n) is 6.02. The summed E-state index contributed by atoms with van der Waals surface area (Å²) >= 11 is 0. The van der Waals surface area contributed by atoms with Crippen LogP contribution in [0.4, 0.5) is 11.4 Å². The minimum absolute atomic E-state index is 0.0168. The number of nitrogens with one attached hydrogen (secondary N) is 1. The monoisotopic (exact) mass is 392 g/mol. The van der Waals surface area contributed by atoms with E-state index in [2.05, 4.69) is 16.6 Å². The first-order valence-corrected chi connectivity index (χ1v) is 9.78. The average molecular weight is 392 g/mol. The van der Waals surface area contributed by atoms with E-state index in [1.165, 1.54) is 12.1 Å². The maximum atomic E-state index is 12.6. The standard InChI is InChI=1S/C21H16N2O4S/c1-16-6-14-20(15-7-16)28(26,27)22-21-5-3-2-4-18(21)11-8-17-9-12-19(13-10-17)23(24)25/h2-7,9-10,12-15,22H,1H3. The van der Waals surface area contributed by atoms with Crippen LogP contribution in [-0.4, -0.2) is 13.3 Å². The number of nitro benzene ring substituents is 1. The summed E-state index contributed by atoms with van der Waals surface area (Å²) < 4.78 is 27.8. The highest BCUT2D eigenvalue weighted by atomic mass is 32.2. The van der Waals surface area contributed by atoms with Crippen LogP contribution < -0.4 is 4.72 Å². The summed E-state index contributed by atoms with van der Waals surface area (Å²) in [5.74, 6) is 5.81. The lowest BCUT2D eigenvalue weighted by Crippen LogP contribution is -2.13. The minimum atomic E-state index is -3.74. The van der Waals surface area contributed by atoms with Crippen molar-refractivity contribution in [2.75, 3.05) is 4.72 Å². The van der Waals surface area contributed by atoms with E-state index in [-0.39, 0.29) is 10.6 Å². The van der Waals surface area contributed by atoms with Gasteiger partial charge in [-0.1, -0.05) is 41.7 Å². The maximum Gasteiger partial charge on any atom is 0.269 e. The van der Waals surface area contributed by atoms with Gasteiger partial charge in [-0.15, -0.1) is 0 Å². The van der Waals surface area contributed by atoms with Crippen LogP contribution in [0.25, 0.3) is 0 Å². The van der Waals surface area contributed by atoms with Gasteiger partial charge in [0.15, 0.2) is 0 Å². The van der Waals surface area contributed by atoms with Crippen LogP contribution >= 0.6 is 0 Å². The van der Waals surface area contributed by atoms with Gasteiger partial charge in [-0.05, 0) is 43.3 Å². The molecule has 0 aromatic heterocycles. The van der Waals surface area contributed by atoms with Crippen molar-refractivity contribution in [1.29, 1.82) is 0 Å². The van der Waals surface area contributed by atoms with Crippen molar-refractivity contribution >= 4 is 21.4 Å². The molecule has 1 N–H and O–H groups in total. The Bertz CT molecular complexity index is 1170. The van der Waals surface area contributed by atoms with Gasteiger partial charge in [0.25, 0.3) is 15.7 Å². The predicted octanol–water partition coefficient (Wildman–Crippen LogP) is 4.10. The number of hydrogen-bond donors (Lipinski definition) is 1. The summed E-state index contributed by atoms with van der Waals surface area (Å²) in [5, 5.41) is 10.7. The molecule has 0 atom stereocenters. The normalized spacial score (nSPS) is 10.6.